The van der Waals surface area contributed by atoms with Gasteiger partial charge in [-0.05, 0) is 5.56 Å². The van der Waals surface area contributed by atoms with Crippen LogP contribution in [-0.2, 0) is 0 Å². The Kier molecular flexibility index (Phi) is 3.78. The molecule has 1 atom stereocenters. The highest BCUT2D eigenvalue weighted by molar-refractivity contribution is 14.1. The van der Waals surface area contributed by atoms with Crippen LogP contribution in [0.1, 0.15) is 9.61 Å². The monoisotopic (exact) mass is 302 g/mol. The van der Waals surface area contributed by atoms with Crippen molar-refractivity contribution in [3.63, 3.8) is 0 Å². The van der Waals surface area contributed by atoms with Crippen LogP contribution in [-0.4, -0.2) is 31.1 Å². The average molecular weight is 302 g/mol. The minimum Gasteiger partial charge on any atom is -0.314 e. The van der Waals surface area contributed by atoms with Gasteiger partial charge in [0.1, 0.15) is 0 Å². The number of hydrogen-bond acceptors (Lipinski definition) is 2. The molecule has 0 spiro atoms. The van der Waals surface area contributed by atoms with Crippen molar-refractivity contribution < 1.29 is 0 Å². The summed E-state index contributed by atoms with van der Waals surface area (Å²) in [6.07, 6.45) is 0. The molecule has 1 aliphatic heterocycles. The maximum atomic E-state index is 3.38. The molecule has 1 heterocycles. The molecular formula is C11H15IN2. The molecule has 1 unspecified atom stereocenters. The van der Waals surface area contributed by atoms with Gasteiger partial charge in [-0.15, -0.1) is 0 Å². The number of rotatable bonds is 2. The minimum atomic E-state index is 0.524. The summed E-state index contributed by atoms with van der Waals surface area (Å²) in [4.78, 5) is 2.52. The Morgan fingerprint density at radius 1 is 1.14 bits per heavy atom. The molecule has 0 saturated carbocycles. The van der Waals surface area contributed by atoms with Crippen molar-refractivity contribution in [2.24, 2.45) is 0 Å². The van der Waals surface area contributed by atoms with Gasteiger partial charge in [-0.2, -0.15) is 0 Å². The molecule has 2 nitrogen and oxygen atoms in total. The third kappa shape index (κ3) is 2.46. The fraction of sp³-hybridized carbons (Fsp3) is 0.455. The Labute approximate surface area is 98.8 Å². The first-order chi connectivity index (χ1) is 6.88. The Balaban J connectivity index is 2.03. The highest BCUT2D eigenvalue weighted by Crippen LogP contribution is 2.27. The van der Waals surface area contributed by atoms with E-state index < -0.39 is 0 Å². The molecule has 0 aliphatic carbocycles. The number of halogens is 1. The van der Waals surface area contributed by atoms with Gasteiger partial charge in [0.2, 0.25) is 0 Å². The van der Waals surface area contributed by atoms with Gasteiger partial charge in [0.05, 0.1) is 4.05 Å². The summed E-state index contributed by atoms with van der Waals surface area (Å²) in [5.74, 6) is 0. The molecule has 3 heteroatoms. The second-order valence-corrected chi connectivity index (χ2v) is 4.71. The van der Waals surface area contributed by atoms with E-state index in [0.717, 1.165) is 26.2 Å². The Bertz CT molecular complexity index is 270. The molecule has 1 aromatic rings. The van der Waals surface area contributed by atoms with Crippen LogP contribution in [0.2, 0.25) is 0 Å². The van der Waals surface area contributed by atoms with Crippen LogP contribution in [0.15, 0.2) is 30.3 Å². The molecule has 0 amide bonds. The summed E-state index contributed by atoms with van der Waals surface area (Å²) in [6, 6.07) is 10.7. The van der Waals surface area contributed by atoms with E-state index in [-0.39, 0.29) is 0 Å². The molecule has 14 heavy (non-hydrogen) atoms. The van der Waals surface area contributed by atoms with Crippen molar-refractivity contribution in [2.75, 3.05) is 26.2 Å². The summed E-state index contributed by atoms with van der Waals surface area (Å²) in [5.41, 5.74) is 1.41. The van der Waals surface area contributed by atoms with Gasteiger partial charge in [0.25, 0.3) is 0 Å². The molecule has 1 saturated heterocycles. The van der Waals surface area contributed by atoms with Crippen LogP contribution < -0.4 is 5.32 Å². The van der Waals surface area contributed by atoms with Crippen molar-refractivity contribution >= 4 is 22.6 Å². The Morgan fingerprint density at radius 2 is 1.79 bits per heavy atom. The maximum Gasteiger partial charge on any atom is 0.0875 e. The number of nitrogens with one attached hydrogen (secondary N) is 1. The maximum absolute atomic E-state index is 3.38. The molecule has 1 N–H and O–H groups in total. The molecular weight excluding hydrogens is 287 g/mol. The first-order valence-corrected chi connectivity index (χ1v) is 6.26. The fourth-order valence-electron chi connectivity index (χ4n) is 1.73. The second kappa shape index (κ2) is 5.09. The van der Waals surface area contributed by atoms with E-state index in [0.29, 0.717) is 4.05 Å². The average Bonchev–Trinajstić information content (AvgIpc) is 2.30. The molecule has 1 aliphatic rings. The van der Waals surface area contributed by atoms with Crippen molar-refractivity contribution in [2.45, 2.75) is 4.05 Å². The van der Waals surface area contributed by atoms with Crippen molar-refractivity contribution in [1.82, 2.24) is 10.2 Å². The van der Waals surface area contributed by atoms with E-state index in [1.54, 1.807) is 0 Å². The highest BCUT2D eigenvalue weighted by Gasteiger charge is 2.18. The van der Waals surface area contributed by atoms with E-state index in [9.17, 15) is 0 Å². The van der Waals surface area contributed by atoms with Crippen LogP contribution in [0, 0.1) is 0 Å². The first-order valence-electron chi connectivity index (χ1n) is 5.02. The molecule has 1 aromatic carbocycles. The van der Waals surface area contributed by atoms with E-state index in [2.05, 4.69) is 63.1 Å². The van der Waals surface area contributed by atoms with Crippen molar-refractivity contribution in [3.05, 3.63) is 35.9 Å². The SMILES string of the molecule is IC(c1ccccc1)N1CCNCC1. The predicted octanol–water partition coefficient (Wildman–Crippen LogP) is 2.03. The largest absolute Gasteiger partial charge is 0.314 e. The topological polar surface area (TPSA) is 15.3 Å². The molecule has 0 aromatic heterocycles. The molecule has 2 rings (SSSR count). The Hall–Kier alpha value is -0.130. The van der Waals surface area contributed by atoms with Crippen LogP contribution in [0.25, 0.3) is 0 Å². The zero-order chi connectivity index (χ0) is 9.80. The molecule has 0 bridgehead atoms. The van der Waals surface area contributed by atoms with Crippen LogP contribution in [0.3, 0.4) is 0 Å². The first kappa shape index (κ1) is 10.4. The standard InChI is InChI=1S/C11H15IN2/c12-11(10-4-2-1-3-5-10)14-8-6-13-7-9-14/h1-5,11,13H,6-9H2. The Morgan fingerprint density at radius 3 is 2.43 bits per heavy atom. The number of alkyl halides is 1. The van der Waals surface area contributed by atoms with Gasteiger partial charge in [-0.25, -0.2) is 0 Å². The van der Waals surface area contributed by atoms with Gasteiger partial charge in [0.15, 0.2) is 0 Å². The number of piperazine rings is 1. The van der Waals surface area contributed by atoms with Gasteiger partial charge in [0, 0.05) is 26.2 Å². The lowest BCUT2D eigenvalue weighted by atomic mass is 10.2. The quantitative estimate of drug-likeness (QED) is 0.511. The van der Waals surface area contributed by atoms with E-state index in [1.165, 1.54) is 5.56 Å². The third-order valence-electron chi connectivity index (χ3n) is 2.55. The van der Waals surface area contributed by atoms with Crippen LogP contribution >= 0.6 is 22.6 Å². The number of benzene rings is 1. The normalized spacial score (nSPS) is 20.6. The van der Waals surface area contributed by atoms with Gasteiger partial charge in [-0.1, -0.05) is 52.9 Å². The predicted molar refractivity (Wildman–Crippen MR) is 67.6 cm³/mol. The van der Waals surface area contributed by atoms with E-state index in [1.807, 2.05) is 0 Å². The zero-order valence-electron chi connectivity index (χ0n) is 8.12. The molecule has 1 fully saturated rings. The third-order valence-corrected chi connectivity index (χ3v) is 4.05. The zero-order valence-corrected chi connectivity index (χ0v) is 10.3. The van der Waals surface area contributed by atoms with Crippen LogP contribution in [0.5, 0.6) is 0 Å². The second-order valence-electron chi connectivity index (χ2n) is 3.53. The lowest BCUT2D eigenvalue weighted by Crippen LogP contribution is -2.43. The lowest BCUT2D eigenvalue weighted by molar-refractivity contribution is 0.236. The van der Waals surface area contributed by atoms with Crippen molar-refractivity contribution in [1.29, 1.82) is 0 Å². The van der Waals surface area contributed by atoms with Gasteiger partial charge < -0.3 is 5.32 Å². The lowest BCUT2D eigenvalue weighted by Gasteiger charge is -2.31. The summed E-state index contributed by atoms with van der Waals surface area (Å²) in [5, 5.41) is 3.38. The van der Waals surface area contributed by atoms with Gasteiger partial charge >= 0.3 is 0 Å². The van der Waals surface area contributed by atoms with Crippen molar-refractivity contribution in [3.8, 4) is 0 Å². The van der Waals surface area contributed by atoms with E-state index >= 15 is 0 Å². The van der Waals surface area contributed by atoms with Gasteiger partial charge in [-0.3, -0.25) is 4.90 Å². The fourth-order valence-corrected chi connectivity index (χ4v) is 2.70. The summed E-state index contributed by atoms with van der Waals surface area (Å²) < 4.78 is 0.524. The summed E-state index contributed by atoms with van der Waals surface area (Å²) in [7, 11) is 0. The summed E-state index contributed by atoms with van der Waals surface area (Å²) >= 11 is 2.52. The smallest absolute Gasteiger partial charge is 0.0875 e. The highest BCUT2D eigenvalue weighted by atomic mass is 127. The van der Waals surface area contributed by atoms with E-state index in [4.69, 9.17) is 0 Å². The summed E-state index contributed by atoms with van der Waals surface area (Å²) in [6.45, 7) is 4.55. The molecule has 76 valence electrons. The number of hydrogen-bond donors (Lipinski definition) is 1. The van der Waals surface area contributed by atoms with Crippen LogP contribution in [0.4, 0.5) is 0 Å². The minimum absolute atomic E-state index is 0.524. The number of nitrogens with zero attached hydrogens (tertiary/aromatic N) is 1. The molecule has 0 radical (unpaired) electrons.